The molecule has 3 N–H and O–H groups in total. The number of aliphatic imine (C=N–C) groups is 1. The molecular formula is C9H18N4O. The zero-order valence-electron chi connectivity index (χ0n) is 8.62. The number of likely N-dealkylation sites (tertiary alicyclic amines) is 1. The Kier molecular flexibility index (Phi) is 4.22. The van der Waals surface area contributed by atoms with Gasteiger partial charge in [0.25, 0.3) is 0 Å². The van der Waals surface area contributed by atoms with Gasteiger partial charge in [0.1, 0.15) is 0 Å². The average molecular weight is 198 g/mol. The van der Waals surface area contributed by atoms with E-state index in [9.17, 15) is 4.79 Å². The second-order valence-corrected chi connectivity index (χ2v) is 3.37. The van der Waals surface area contributed by atoms with Crippen LogP contribution >= 0.6 is 0 Å². The minimum atomic E-state index is 0.207. The molecule has 1 saturated heterocycles. The summed E-state index contributed by atoms with van der Waals surface area (Å²) < 4.78 is 0. The number of carbonyl (C=O) groups is 1. The number of rotatable bonds is 3. The number of carbonyl (C=O) groups excluding carboxylic acids is 1. The zero-order valence-corrected chi connectivity index (χ0v) is 8.62. The highest BCUT2D eigenvalue weighted by Gasteiger charge is 2.16. The number of hydrogen-bond acceptors (Lipinski definition) is 2. The fraction of sp³-hybridized carbons (Fsp3) is 0.778. The lowest BCUT2D eigenvalue weighted by Gasteiger charge is -2.15. The summed E-state index contributed by atoms with van der Waals surface area (Å²) in [6, 6.07) is 0. The van der Waals surface area contributed by atoms with E-state index < -0.39 is 0 Å². The molecule has 0 aromatic carbocycles. The van der Waals surface area contributed by atoms with Crippen LogP contribution in [0.1, 0.15) is 19.3 Å². The average Bonchev–Trinajstić information content (AvgIpc) is 2.70. The molecule has 0 aromatic rings. The van der Waals surface area contributed by atoms with E-state index in [4.69, 9.17) is 5.73 Å². The van der Waals surface area contributed by atoms with E-state index in [1.807, 2.05) is 4.90 Å². The predicted molar refractivity (Wildman–Crippen MR) is 56.0 cm³/mol. The van der Waals surface area contributed by atoms with Gasteiger partial charge in [-0.05, 0) is 12.8 Å². The minimum absolute atomic E-state index is 0.207. The number of hydrogen-bond donors (Lipinski definition) is 2. The summed E-state index contributed by atoms with van der Waals surface area (Å²) in [6.45, 7) is 2.39. The van der Waals surface area contributed by atoms with Gasteiger partial charge in [0, 0.05) is 33.1 Å². The van der Waals surface area contributed by atoms with Crippen LogP contribution in [0.3, 0.4) is 0 Å². The smallest absolute Gasteiger partial charge is 0.224 e. The SMILES string of the molecule is CN=C(N)NCCC(=O)N1CCCC1. The van der Waals surface area contributed by atoms with Crippen LogP contribution in [0.5, 0.6) is 0 Å². The second kappa shape index (κ2) is 5.47. The minimum Gasteiger partial charge on any atom is -0.370 e. The van der Waals surface area contributed by atoms with Crippen molar-refractivity contribution in [1.82, 2.24) is 10.2 Å². The fourth-order valence-electron chi connectivity index (χ4n) is 1.50. The molecule has 1 aliphatic heterocycles. The van der Waals surface area contributed by atoms with Crippen LogP contribution in [-0.2, 0) is 4.79 Å². The summed E-state index contributed by atoms with van der Waals surface area (Å²) in [5.74, 6) is 0.595. The first-order valence-electron chi connectivity index (χ1n) is 4.98. The van der Waals surface area contributed by atoms with Crippen LogP contribution in [0, 0.1) is 0 Å². The third-order valence-corrected chi connectivity index (χ3v) is 2.34. The largest absolute Gasteiger partial charge is 0.370 e. The first-order valence-corrected chi connectivity index (χ1v) is 4.98. The Labute approximate surface area is 84.4 Å². The van der Waals surface area contributed by atoms with Crippen LogP contribution in [0.4, 0.5) is 0 Å². The number of nitrogens with zero attached hydrogens (tertiary/aromatic N) is 2. The Morgan fingerprint density at radius 2 is 2.14 bits per heavy atom. The maximum Gasteiger partial charge on any atom is 0.224 e. The monoisotopic (exact) mass is 198 g/mol. The van der Waals surface area contributed by atoms with Crippen molar-refractivity contribution >= 4 is 11.9 Å². The molecule has 0 atom stereocenters. The molecule has 0 aromatic heterocycles. The zero-order chi connectivity index (χ0) is 10.4. The Balaban J connectivity index is 2.14. The predicted octanol–water partition coefficient (Wildman–Crippen LogP) is -0.467. The molecule has 0 spiro atoms. The number of guanidine groups is 1. The van der Waals surface area contributed by atoms with E-state index in [2.05, 4.69) is 10.3 Å². The second-order valence-electron chi connectivity index (χ2n) is 3.37. The third kappa shape index (κ3) is 3.24. The van der Waals surface area contributed by atoms with E-state index in [0.717, 1.165) is 25.9 Å². The highest BCUT2D eigenvalue weighted by Crippen LogP contribution is 2.08. The summed E-state index contributed by atoms with van der Waals surface area (Å²) >= 11 is 0. The van der Waals surface area contributed by atoms with Crippen molar-refractivity contribution < 1.29 is 4.79 Å². The third-order valence-electron chi connectivity index (χ3n) is 2.34. The molecule has 0 saturated carbocycles. The van der Waals surface area contributed by atoms with Gasteiger partial charge in [-0.3, -0.25) is 9.79 Å². The van der Waals surface area contributed by atoms with Crippen molar-refractivity contribution in [2.75, 3.05) is 26.7 Å². The van der Waals surface area contributed by atoms with Crippen LogP contribution in [0.15, 0.2) is 4.99 Å². The first kappa shape index (κ1) is 10.8. The van der Waals surface area contributed by atoms with Gasteiger partial charge in [0.15, 0.2) is 5.96 Å². The molecule has 0 bridgehead atoms. The molecule has 1 rings (SSSR count). The summed E-state index contributed by atoms with van der Waals surface area (Å²) in [7, 11) is 1.62. The number of nitrogens with two attached hydrogens (primary N) is 1. The van der Waals surface area contributed by atoms with Gasteiger partial charge < -0.3 is 16.0 Å². The van der Waals surface area contributed by atoms with Gasteiger partial charge in [-0.2, -0.15) is 0 Å². The Morgan fingerprint density at radius 1 is 1.50 bits per heavy atom. The maximum atomic E-state index is 11.5. The molecule has 80 valence electrons. The van der Waals surface area contributed by atoms with Crippen molar-refractivity contribution in [1.29, 1.82) is 0 Å². The highest BCUT2D eigenvalue weighted by atomic mass is 16.2. The Bertz CT molecular complexity index is 221. The van der Waals surface area contributed by atoms with E-state index in [1.54, 1.807) is 7.05 Å². The van der Waals surface area contributed by atoms with E-state index >= 15 is 0 Å². The summed E-state index contributed by atoms with van der Waals surface area (Å²) in [6.07, 6.45) is 2.77. The lowest BCUT2D eigenvalue weighted by molar-refractivity contribution is -0.129. The van der Waals surface area contributed by atoms with Crippen molar-refractivity contribution in [3.63, 3.8) is 0 Å². The van der Waals surface area contributed by atoms with Crippen LogP contribution in [0.25, 0.3) is 0 Å². The van der Waals surface area contributed by atoms with Gasteiger partial charge in [0.2, 0.25) is 5.91 Å². The van der Waals surface area contributed by atoms with Crippen molar-refractivity contribution in [3.8, 4) is 0 Å². The molecule has 1 amide bonds. The number of amides is 1. The highest BCUT2D eigenvalue weighted by molar-refractivity contribution is 5.80. The Morgan fingerprint density at radius 3 is 2.71 bits per heavy atom. The lowest BCUT2D eigenvalue weighted by atomic mass is 10.3. The Hall–Kier alpha value is -1.26. The summed E-state index contributed by atoms with van der Waals surface area (Å²) in [4.78, 5) is 17.2. The van der Waals surface area contributed by atoms with Crippen LogP contribution < -0.4 is 11.1 Å². The van der Waals surface area contributed by atoms with E-state index in [1.165, 1.54) is 0 Å². The van der Waals surface area contributed by atoms with Crippen LogP contribution in [-0.4, -0.2) is 43.4 Å². The molecule has 14 heavy (non-hydrogen) atoms. The van der Waals surface area contributed by atoms with Crippen molar-refractivity contribution in [3.05, 3.63) is 0 Å². The maximum absolute atomic E-state index is 11.5. The molecule has 0 radical (unpaired) electrons. The number of nitrogens with one attached hydrogen (secondary N) is 1. The first-order chi connectivity index (χ1) is 6.74. The van der Waals surface area contributed by atoms with Crippen molar-refractivity contribution in [2.45, 2.75) is 19.3 Å². The van der Waals surface area contributed by atoms with Gasteiger partial charge in [-0.25, -0.2) is 0 Å². The van der Waals surface area contributed by atoms with Gasteiger partial charge in [0.05, 0.1) is 0 Å². The molecule has 1 fully saturated rings. The lowest BCUT2D eigenvalue weighted by Crippen LogP contribution is -2.36. The van der Waals surface area contributed by atoms with E-state index in [-0.39, 0.29) is 5.91 Å². The topological polar surface area (TPSA) is 70.7 Å². The van der Waals surface area contributed by atoms with Gasteiger partial charge in [-0.15, -0.1) is 0 Å². The fourth-order valence-corrected chi connectivity index (χ4v) is 1.50. The summed E-state index contributed by atoms with van der Waals surface area (Å²) in [5.41, 5.74) is 5.43. The molecule has 5 heteroatoms. The van der Waals surface area contributed by atoms with Crippen LogP contribution in [0.2, 0.25) is 0 Å². The molecule has 1 heterocycles. The normalized spacial score (nSPS) is 17.2. The van der Waals surface area contributed by atoms with Gasteiger partial charge >= 0.3 is 0 Å². The standard InChI is InChI=1S/C9H18N4O/c1-11-9(10)12-5-4-8(14)13-6-2-3-7-13/h2-7H2,1H3,(H3,10,11,12). The molecule has 0 aliphatic carbocycles. The van der Waals surface area contributed by atoms with Gasteiger partial charge in [-0.1, -0.05) is 0 Å². The summed E-state index contributed by atoms with van der Waals surface area (Å²) in [5, 5.41) is 2.87. The van der Waals surface area contributed by atoms with Crippen molar-refractivity contribution in [2.24, 2.45) is 10.7 Å². The molecule has 5 nitrogen and oxygen atoms in total. The molecule has 1 aliphatic rings. The quantitative estimate of drug-likeness (QED) is 0.476. The molecular weight excluding hydrogens is 180 g/mol. The molecule has 0 unspecified atom stereocenters. The van der Waals surface area contributed by atoms with E-state index in [0.29, 0.717) is 18.9 Å².